The molecular weight excluding hydrogens is 335 g/mol. The smallest absolute Gasteiger partial charge is 0.232 e. The number of halogens is 2. The number of hydrogen-bond acceptors (Lipinski definition) is 2. The molecule has 108 valence electrons. The average Bonchev–Trinajstić information content (AvgIpc) is 3.29. The van der Waals surface area contributed by atoms with Gasteiger partial charge in [0.15, 0.2) is 0 Å². The lowest BCUT2D eigenvalue weighted by Crippen LogP contribution is -2.22. The highest BCUT2D eigenvalue weighted by atomic mass is 79.9. The van der Waals surface area contributed by atoms with E-state index in [2.05, 4.69) is 26.2 Å². The fourth-order valence-electron chi connectivity index (χ4n) is 2.41. The van der Waals surface area contributed by atoms with Crippen molar-refractivity contribution in [1.82, 2.24) is 4.98 Å². The third-order valence-electron chi connectivity index (χ3n) is 3.60. The summed E-state index contributed by atoms with van der Waals surface area (Å²) in [4.78, 5) is 16.6. The van der Waals surface area contributed by atoms with Crippen molar-refractivity contribution in [2.24, 2.45) is 5.92 Å². The molecule has 21 heavy (non-hydrogen) atoms. The van der Waals surface area contributed by atoms with Gasteiger partial charge in [-0.15, -0.1) is 0 Å². The summed E-state index contributed by atoms with van der Waals surface area (Å²) in [6, 6.07) is 9.76. The van der Waals surface area contributed by atoms with Crippen LogP contribution in [-0.2, 0) is 4.79 Å². The minimum atomic E-state index is -0.286. The van der Waals surface area contributed by atoms with Gasteiger partial charge in [0.05, 0.1) is 17.8 Å². The predicted molar refractivity (Wildman–Crippen MR) is 82.4 cm³/mol. The van der Waals surface area contributed by atoms with Gasteiger partial charge in [0.25, 0.3) is 0 Å². The first-order valence-corrected chi connectivity index (χ1v) is 7.60. The van der Waals surface area contributed by atoms with E-state index in [9.17, 15) is 9.18 Å². The van der Waals surface area contributed by atoms with Crippen LogP contribution in [0.15, 0.2) is 47.2 Å². The van der Waals surface area contributed by atoms with Crippen LogP contribution in [0.1, 0.15) is 24.3 Å². The van der Waals surface area contributed by atoms with Crippen molar-refractivity contribution in [3.8, 4) is 0 Å². The second kappa shape index (κ2) is 5.93. The third kappa shape index (κ3) is 3.47. The minimum Gasteiger partial charge on any atom is -0.324 e. The average molecular weight is 349 g/mol. The first-order valence-electron chi connectivity index (χ1n) is 6.81. The highest BCUT2D eigenvalue weighted by Gasteiger charge is 2.37. The first kappa shape index (κ1) is 14.2. The van der Waals surface area contributed by atoms with Gasteiger partial charge in [-0.1, -0.05) is 12.1 Å². The number of benzene rings is 1. The van der Waals surface area contributed by atoms with Crippen LogP contribution in [0.4, 0.5) is 10.1 Å². The van der Waals surface area contributed by atoms with E-state index in [1.807, 2.05) is 0 Å². The number of amides is 1. The molecule has 1 atom stereocenters. The van der Waals surface area contributed by atoms with Gasteiger partial charge in [-0.2, -0.15) is 0 Å². The second-order valence-corrected chi connectivity index (χ2v) is 6.04. The van der Waals surface area contributed by atoms with Gasteiger partial charge < -0.3 is 5.32 Å². The van der Waals surface area contributed by atoms with E-state index < -0.39 is 0 Å². The number of nitrogens with one attached hydrogen (secondary N) is 1. The Kier molecular flexibility index (Phi) is 4.01. The van der Waals surface area contributed by atoms with E-state index in [0.29, 0.717) is 11.6 Å². The molecule has 1 aromatic carbocycles. The molecule has 3 nitrogen and oxygen atoms in total. The lowest BCUT2D eigenvalue weighted by atomic mass is 9.93. The Morgan fingerprint density at radius 3 is 2.52 bits per heavy atom. The van der Waals surface area contributed by atoms with Crippen molar-refractivity contribution >= 4 is 27.5 Å². The number of hydrogen-bond donors (Lipinski definition) is 1. The molecule has 0 saturated heterocycles. The molecule has 1 aliphatic carbocycles. The number of carbonyl (C=O) groups is 1. The van der Waals surface area contributed by atoms with Crippen molar-refractivity contribution in [2.75, 3.05) is 5.32 Å². The summed E-state index contributed by atoms with van der Waals surface area (Å²) < 4.78 is 13.8. The standard InChI is InChI=1S/C16H14BrFN2O/c17-14-8-7-13(9-19-14)20-16(21)15(10-1-2-10)11-3-5-12(18)6-4-11/h3-10,15H,1-2H2,(H,20,21). The molecule has 1 unspecified atom stereocenters. The van der Waals surface area contributed by atoms with Gasteiger partial charge in [0.1, 0.15) is 10.4 Å². The molecule has 1 saturated carbocycles. The van der Waals surface area contributed by atoms with Crippen molar-refractivity contribution in [3.63, 3.8) is 0 Å². The Labute approximate surface area is 130 Å². The Bertz CT molecular complexity index is 638. The molecular formula is C16H14BrFN2O. The highest BCUT2D eigenvalue weighted by Crippen LogP contribution is 2.43. The van der Waals surface area contributed by atoms with E-state index in [0.717, 1.165) is 23.0 Å². The number of carbonyl (C=O) groups excluding carboxylic acids is 1. The number of aromatic nitrogens is 1. The van der Waals surface area contributed by atoms with Crippen LogP contribution in [0.3, 0.4) is 0 Å². The lowest BCUT2D eigenvalue weighted by molar-refractivity contribution is -0.118. The molecule has 5 heteroatoms. The lowest BCUT2D eigenvalue weighted by Gasteiger charge is -2.16. The Morgan fingerprint density at radius 1 is 1.24 bits per heavy atom. The summed E-state index contributed by atoms with van der Waals surface area (Å²) in [6.45, 7) is 0. The predicted octanol–water partition coefficient (Wildman–Crippen LogP) is 4.12. The summed E-state index contributed by atoms with van der Waals surface area (Å²) in [5.74, 6) is -0.229. The van der Waals surface area contributed by atoms with Gasteiger partial charge in [-0.05, 0) is 64.5 Å². The molecule has 0 bridgehead atoms. The molecule has 1 fully saturated rings. The van der Waals surface area contributed by atoms with Crippen LogP contribution in [0.5, 0.6) is 0 Å². The molecule has 1 aromatic heterocycles. The van der Waals surface area contributed by atoms with Crippen LogP contribution >= 0.6 is 15.9 Å². The topological polar surface area (TPSA) is 42.0 Å². The normalized spacial score (nSPS) is 15.5. The monoisotopic (exact) mass is 348 g/mol. The Hall–Kier alpha value is -1.75. The summed E-state index contributed by atoms with van der Waals surface area (Å²) in [5.41, 5.74) is 1.53. The van der Waals surface area contributed by atoms with Gasteiger partial charge in [-0.25, -0.2) is 9.37 Å². The minimum absolute atomic E-state index is 0.0618. The molecule has 1 aliphatic rings. The van der Waals surface area contributed by atoms with Crippen LogP contribution in [0.2, 0.25) is 0 Å². The summed E-state index contributed by atoms with van der Waals surface area (Å²) in [5, 5.41) is 2.89. The first-order chi connectivity index (χ1) is 10.1. The Balaban J connectivity index is 1.79. The quantitative estimate of drug-likeness (QED) is 0.844. The Morgan fingerprint density at radius 2 is 1.95 bits per heavy atom. The number of anilines is 1. The van der Waals surface area contributed by atoms with Crippen LogP contribution < -0.4 is 5.32 Å². The van der Waals surface area contributed by atoms with Gasteiger partial charge >= 0.3 is 0 Å². The molecule has 1 amide bonds. The fourth-order valence-corrected chi connectivity index (χ4v) is 2.64. The maximum absolute atomic E-state index is 13.0. The highest BCUT2D eigenvalue weighted by molar-refractivity contribution is 9.10. The van der Waals surface area contributed by atoms with E-state index in [-0.39, 0.29) is 17.6 Å². The van der Waals surface area contributed by atoms with Crippen molar-refractivity contribution in [3.05, 3.63) is 58.6 Å². The SMILES string of the molecule is O=C(Nc1ccc(Br)nc1)C(c1ccc(F)cc1)C1CC1. The summed E-state index contributed by atoms with van der Waals surface area (Å²) in [6.07, 6.45) is 3.68. The van der Waals surface area contributed by atoms with E-state index in [1.54, 1.807) is 30.5 Å². The summed E-state index contributed by atoms with van der Waals surface area (Å²) in [7, 11) is 0. The maximum Gasteiger partial charge on any atom is 0.232 e. The molecule has 0 spiro atoms. The fraction of sp³-hybridized carbons (Fsp3) is 0.250. The number of nitrogens with zero attached hydrogens (tertiary/aromatic N) is 1. The van der Waals surface area contributed by atoms with Crippen molar-refractivity contribution in [1.29, 1.82) is 0 Å². The molecule has 2 aromatic rings. The molecule has 3 rings (SSSR count). The van der Waals surface area contributed by atoms with Gasteiger partial charge in [0, 0.05) is 0 Å². The summed E-state index contributed by atoms with van der Waals surface area (Å²) >= 11 is 3.26. The van der Waals surface area contributed by atoms with E-state index >= 15 is 0 Å². The maximum atomic E-state index is 13.0. The van der Waals surface area contributed by atoms with E-state index in [4.69, 9.17) is 0 Å². The van der Waals surface area contributed by atoms with E-state index in [1.165, 1.54) is 12.1 Å². The zero-order chi connectivity index (χ0) is 14.8. The number of pyridine rings is 1. The third-order valence-corrected chi connectivity index (χ3v) is 4.07. The van der Waals surface area contributed by atoms with Crippen molar-refractivity contribution in [2.45, 2.75) is 18.8 Å². The number of rotatable bonds is 4. The van der Waals surface area contributed by atoms with Crippen LogP contribution in [0, 0.1) is 11.7 Å². The molecule has 0 aliphatic heterocycles. The van der Waals surface area contributed by atoms with Crippen LogP contribution in [0.25, 0.3) is 0 Å². The zero-order valence-electron chi connectivity index (χ0n) is 11.2. The second-order valence-electron chi connectivity index (χ2n) is 5.23. The largest absolute Gasteiger partial charge is 0.324 e. The van der Waals surface area contributed by atoms with Gasteiger partial charge in [-0.3, -0.25) is 4.79 Å². The van der Waals surface area contributed by atoms with Crippen molar-refractivity contribution < 1.29 is 9.18 Å². The molecule has 1 N–H and O–H groups in total. The molecule has 1 heterocycles. The molecule has 0 radical (unpaired) electrons. The van der Waals surface area contributed by atoms with Gasteiger partial charge in [0.2, 0.25) is 5.91 Å². The van der Waals surface area contributed by atoms with Crippen LogP contribution in [-0.4, -0.2) is 10.9 Å². The zero-order valence-corrected chi connectivity index (χ0v) is 12.8.